The van der Waals surface area contributed by atoms with E-state index in [-0.39, 0.29) is 18.8 Å². The number of fused-ring (bicyclic) bond motifs is 1. The maximum Gasteiger partial charge on any atom is 0.573 e. The molecule has 9 heteroatoms. The van der Waals surface area contributed by atoms with Gasteiger partial charge in [0, 0.05) is 18.1 Å². The first-order valence-electron chi connectivity index (χ1n) is 9.04. The maximum absolute atomic E-state index is 12.9. The Morgan fingerprint density at radius 3 is 2.47 bits per heavy atom. The summed E-state index contributed by atoms with van der Waals surface area (Å²) in [6.45, 7) is 1.97. The normalized spacial score (nSPS) is 14.7. The SMILES string of the molecule is Cc1cnc2ccccc2c1CN1CC(=O)N(c2ccc(OC(F)(F)F)cc2)C1=O. The van der Waals surface area contributed by atoms with E-state index in [1.807, 2.05) is 31.2 Å². The van der Waals surface area contributed by atoms with Gasteiger partial charge in [0.05, 0.1) is 11.2 Å². The van der Waals surface area contributed by atoms with Crippen molar-refractivity contribution in [2.24, 2.45) is 0 Å². The molecule has 0 bridgehead atoms. The van der Waals surface area contributed by atoms with Crippen LogP contribution in [-0.4, -0.2) is 34.7 Å². The molecular formula is C21H16F3N3O3. The average Bonchev–Trinajstić information content (AvgIpc) is 2.97. The summed E-state index contributed by atoms with van der Waals surface area (Å²) in [5, 5.41) is 0.893. The Balaban J connectivity index is 1.57. The Labute approximate surface area is 169 Å². The molecule has 3 amide bonds. The minimum Gasteiger partial charge on any atom is -0.406 e. The summed E-state index contributed by atoms with van der Waals surface area (Å²) in [7, 11) is 0. The number of carbonyl (C=O) groups excluding carboxylic acids is 2. The van der Waals surface area contributed by atoms with E-state index in [2.05, 4.69) is 9.72 Å². The van der Waals surface area contributed by atoms with Crippen LogP contribution in [0.3, 0.4) is 0 Å². The summed E-state index contributed by atoms with van der Waals surface area (Å²) in [6, 6.07) is 11.6. The number of urea groups is 1. The van der Waals surface area contributed by atoms with E-state index < -0.39 is 24.1 Å². The highest BCUT2D eigenvalue weighted by molar-refractivity contribution is 6.19. The van der Waals surface area contributed by atoms with E-state index in [0.29, 0.717) is 0 Å². The molecule has 1 aliphatic heterocycles. The van der Waals surface area contributed by atoms with Gasteiger partial charge in [-0.05, 0) is 48.4 Å². The number of para-hydroxylation sites is 1. The minimum atomic E-state index is -4.82. The van der Waals surface area contributed by atoms with E-state index >= 15 is 0 Å². The summed E-state index contributed by atoms with van der Waals surface area (Å²) in [5.74, 6) is -0.887. The number of aromatic nitrogens is 1. The van der Waals surface area contributed by atoms with Crippen LogP contribution in [0.1, 0.15) is 11.1 Å². The molecule has 0 atom stereocenters. The van der Waals surface area contributed by atoms with Crippen LogP contribution in [0, 0.1) is 6.92 Å². The number of nitrogens with zero attached hydrogens (tertiary/aromatic N) is 3. The number of pyridine rings is 1. The number of hydrogen-bond acceptors (Lipinski definition) is 4. The molecule has 2 heterocycles. The van der Waals surface area contributed by atoms with Crippen LogP contribution in [0.4, 0.5) is 23.7 Å². The van der Waals surface area contributed by atoms with Gasteiger partial charge in [-0.25, -0.2) is 9.69 Å². The molecule has 0 unspecified atom stereocenters. The molecule has 0 radical (unpaired) electrons. The van der Waals surface area contributed by atoms with Crippen LogP contribution in [0.5, 0.6) is 5.75 Å². The molecule has 1 saturated heterocycles. The van der Waals surface area contributed by atoms with E-state index in [1.165, 1.54) is 17.0 Å². The van der Waals surface area contributed by atoms with Crippen LogP contribution >= 0.6 is 0 Å². The number of carbonyl (C=O) groups is 2. The Morgan fingerprint density at radius 2 is 1.77 bits per heavy atom. The Morgan fingerprint density at radius 1 is 1.07 bits per heavy atom. The molecule has 1 aliphatic rings. The number of anilines is 1. The third-order valence-electron chi connectivity index (χ3n) is 4.82. The fourth-order valence-electron chi connectivity index (χ4n) is 3.42. The molecular weight excluding hydrogens is 399 g/mol. The average molecular weight is 415 g/mol. The second kappa shape index (κ2) is 7.33. The monoisotopic (exact) mass is 415 g/mol. The number of alkyl halides is 3. The van der Waals surface area contributed by atoms with Gasteiger partial charge in [-0.3, -0.25) is 9.78 Å². The minimum absolute atomic E-state index is 0.129. The molecule has 4 rings (SSSR count). The first-order chi connectivity index (χ1) is 14.2. The molecule has 3 aromatic rings. The number of halogens is 3. The van der Waals surface area contributed by atoms with Gasteiger partial charge in [0.2, 0.25) is 0 Å². The van der Waals surface area contributed by atoms with Gasteiger partial charge >= 0.3 is 12.4 Å². The fourth-order valence-corrected chi connectivity index (χ4v) is 3.42. The predicted octanol–water partition coefficient (Wildman–Crippen LogP) is 4.41. The lowest BCUT2D eigenvalue weighted by molar-refractivity contribution is -0.274. The van der Waals surface area contributed by atoms with Crippen LogP contribution in [0.15, 0.2) is 54.7 Å². The van der Waals surface area contributed by atoms with Crippen molar-refractivity contribution in [2.75, 3.05) is 11.4 Å². The van der Waals surface area contributed by atoms with Crippen LogP contribution < -0.4 is 9.64 Å². The zero-order valence-electron chi connectivity index (χ0n) is 15.8. The topological polar surface area (TPSA) is 62.7 Å². The molecule has 154 valence electrons. The number of rotatable bonds is 4. The molecule has 6 nitrogen and oxygen atoms in total. The van der Waals surface area contributed by atoms with Crippen molar-refractivity contribution in [1.29, 1.82) is 0 Å². The largest absolute Gasteiger partial charge is 0.573 e. The van der Waals surface area contributed by atoms with E-state index in [0.717, 1.165) is 39.1 Å². The summed E-state index contributed by atoms with van der Waals surface area (Å²) in [5.41, 5.74) is 2.74. The number of hydrogen-bond donors (Lipinski definition) is 0. The van der Waals surface area contributed by atoms with Crippen molar-refractivity contribution in [3.63, 3.8) is 0 Å². The third kappa shape index (κ3) is 3.78. The summed E-state index contributed by atoms with van der Waals surface area (Å²) in [6.07, 6.45) is -3.10. The number of aryl methyl sites for hydroxylation is 1. The smallest absolute Gasteiger partial charge is 0.406 e. The Hall–Kier alpha value is -3.62. The van der Waals surface area contributed by atoms with Gasteiger partial charge in [0.25, 0.3) is 5.91 Å². The highest BCUT2D eigenvalue weighted by atomic mass is 19.4. The van der Waals surface area contributed by atoms with Crippen molar-refractivity contribution in [2.45, 2.75) is 19.8 Å². The highest BCUT2D eigenvalue weighted by Gasteiger charge is 2.37. The Bertz CT molecular complexity index is 1130. The fraction of sp³-hybridized carbons (Fsp3) is 0.190. The van der Waals surface area contributed by atoms with Crippen molar-refractivity contribution in [3.05, 3.63) is 65.9 Å². The molecule has 1 fully saturated rings. The van der Waals surface area contributed by atoms with Gasteiger partial charge < -0.3 is 9.64 Å². The third-order valence-corrected chi connectivity index (χ3v) is 4.82. The van der Waals surface area contributed by atoms with Gasteiger partial charge in [0.1, 0.15) is 12.3 Å². The zero-order chi connectivity index (χ0) is 21.5. The van der Waals surface area contributed by atoms with Gasteiger partial charge in [-0.1, -0.05) is 18.2 Å². The second-order valence-corrected chi connectivity index (χ2v) is 6.85. The number of benzene rings is 2. The van der Waals surface area contributed by atoms with Gasteiger partial charge in [0.15, 0.2) is 0 Å². The highest BCUT2D eigenvalue weighted by Crippen LogP contribution is 2.29. The second-order valence-electron chi connectivity index (χ2n) is 6.85. The molecule has 1 aromatic heterocycles. The van der Waals surface area contributed by atoms with Crippen molar-refractivity contribution in [3.8, 4) is 5.75 Å². The van der Waals surface area contributed by atoms with Crippen molar-refractivity contribution >= 4 is 28.5 Å². The lowest BCUT2D eigenvalue weighted by Gasteiger charge is -2.19. The lowest BCUT2D eigenvalue weighted by Crippen LogP contribution is -2.33. The molecule has 0 N–H and O–H groups in total. The first-order valence-corrected chi connectivity index (χ1v) is 9.04. The maximum atomic E-state index is 12.9. The molecule has 0 spiro atoms. The molecule has 0 saturated carbocycles. The van der Waals surface area contributed by atoms with Crippen LogP contribution in [0.25, 0.3) is 10.9 Å². The van der Waals surface area contributed by atoms with E-state index in [4.69, 9.17) is 0 Å². The van der Waals surface area contributed by atoms with Gasteiger partial charge in [-0.15, -0.1) is 13.2 Å². The van der Waals surface area contributed by atoms with Crippen LogP contribution in [-0.2, 0) is 11.3 Å². The molecule has 30 heavy (non-hydrogen) atoms. The summed E-state index contributed by atoms with van der Waals surface area (Å²) < 4.78 is 40.8. The summed E-state index contributed by atoms with van der Waals surface area (Å²) >= 11 is 0. The first kappa shape index (κ1) is 19.7. The Kier molecular flexibility index (Phi) is 4.81. The van der Waals surface area contributed by atoms with E-state index in [9.17, 15) is 22.8 Å². The lowest BCUT2D eigenvalue weighted by atomic mass is 10.0. The molecule has 0 aliphatic carbocycles. The predicted molar refractivity (Wildman–Crippen MR) is 103 cm³/mol. The standard InChI is InChI=1S/C21H16F3N3O3/c1-13-10-25-18-5-3-2-4-16(18)17(13)11-26-12-19(28)27(20(26)29)14-6-8-15(9-7-14)30-21(22,23)24/h2-10H,11-12H2,1H3. The summed E-state index contributed by atoms with van der Waals surface area (Å²) in [4.78, 5) is 32.1. The number of imide groups is 1. The van der Waals surface area contributed by atoms with Crippen molar-refractivity contribution < 1.29 is 27.5 Å². The number of ether oxygens (including phenoxy) is 1. The molecule has 2 aromatic carbocycles. The quantitative estimate of drug-likeness (QED) is 0.592. The van der Waals surface area contributed by atoms with Gasteiger partial charge in [-0.2, -0.15) is 0 Å². The number of amides is 3. The van der Waals surface area contributed by atoms with Crippen LogP contribution in [0.2, 0.25) is 0 Å². The zero-order valence-corrected chi connectivity index (χ0v) is 15.8. The van der Waals surface area contributed by atoms with Crippen molar-refractivity contribution in [1.82, 2.24) is 9.88 Å². The van der Waals surface area contributed by atoms with E-state index in [1.54, 1.807) is 6.20 Å².